The third kappa shape index (κ3) is 5.45. The first-order valence-corrected chi connectivity index (χ1v) is 13.0. The third-order valence-electron chi connectivity index (χ3n) is 7.02. The molecule has 2 heterocycles. The van der Waals surface area contributed by atoms with E-state index in [1.54, 1.807) is 18.2 Å². The molecule has 0 saturated heterocycles. The van der Waals surface area contributed by atoms with E-state index in [9.17, 15) is 19.4 Å². The molecule has 37 heavy (non-hydrogen) atoms. The Labute approximate surface area is 215 Å². The van der Waals surface area contributed by atoms with E-state index in [-0.39, 0.29) is 23.7 Å². The number of benzene rings is 1. The molecule has 2 aromatic heterocycles. The van der Waals surface area contributed by atoms with Crippen LogP contribution in [0.3, 0.4) is 0 Å². The molecule has 0 radical (unpaired) electrons. The second kappa shape index (κ2) is 9.65. The zero-order valence-corrected chi connectivity index (χ0v) is 21.5. The van der Waals surface area contributed by atoms with Crippen LogP contribution in [0.1, 0.15) is 88.1 Å². The van der Waals surface area contributed by atoms with Gasteiger partial charge in [0, 0.05) is 29.4 Å². The fourth-order valence-electron chi connectivity index (χ4n) is 4.92. The lowest BCUT2D eigenvalue weighted by Crippen LogP contribution is -2.23. The van der Waals surface area contributed by atoms with Crippen LogP contribution < -0.4 is 0 Å². The number of carboxylic acids is 1. The van der Waals surface area contributed by atoms with E-state index in [4.69, 9.17) is 15.2 Å². The van der Waals surface area contributed by atoms with E-state index >= 15 is 0 Å². The lowest BCUT2D eigenvalue weighted by Gasteiger charge is -2.21. The van der Waals surface area contributed by atoms with Gasteiger partial charge < -0.3 is 15.3 Å². The SMILES string of the molecule is CC(C)(C)n1nc(C2CC2)c2c(-c3ccc(F)cc3)c(/C=C/[C@@H](O)C[C@@H](O)CC(=O)O)c(C3CC3)nc21. The van der Waals surface area contributed by atoms with Crippen molar-refractivity contribution in [3.63, 3.8) is 0 Å². The lowest BCUT2D eigenvalue weighted by molar-refractivity contribution is -0.139. The summed E-state index contributed by atoms with van der Waals surface area (Å²) in [6.45, 7) is 6.33. The Morgan fingerprint density at radius 3 is 2.30 bits per heavy atom. The Hall–Kier alpha value is -3.10. The van der Waals surface area contributed by atoms with Crippen LogP contribution in [0.2, 0.25) is 0 Å². The number of halogens is 1. The second-order valence-corrected chi connectivity index (χ2v) is 11.4. The van der Waals surface area contributed by atoms with Gasteiger partial charge in [-0.3, -0.25) is 4.79 Å². The molecule has 2 fully saturated rings. The highest BCUT2D eigenvalue weighted by Gasteiger charge is 2.36. The van der Waals surface area contributed by atoms with Gasteiger partial charge in [0.15, 0.2) is 5.65 Å². The molecule has 2 aliphatic rings. The van der Waals surface area contributed by atoms with E-state index < -0.39 is 24.6 Å². The van der Waals surface area contributed by atoms with Gasteiger partial charge in [0.2, 0.25) is 0 Å². The summed E-state index contributed by atoms with van der Waals surface area (Å²) in [5.41, 5.74) is 5.12. The maximum atomic E-state index is 13.9. The summed E-state index contributed by atoms with van der Waals surface area (Å²) in [7, 11) is 0. The van der Waals surface area contributed by atoms with Gasteiger partial charge in [-0.25, -0.2) is 14.1 Å². The van der Waals surface area contributed by atoms with Gasteiger partial charge in [-0.2, -0.15) is 5.10 Å². The van der Waals surface area contributed by atoms with Crippen molar-refractivity contribution in [2.75, 3.05) is 0 Å². The molecule has 3 aromatic rings. The van der Waals surface area contributed by atoms with Gasteiger partial charge in [-0.15, -0.1) is 0 Å². The molecule has 0 amide bonds. The number of aliphatic carboxylic acids is 1. The maximum Gasteiger partial charge on any atom is 0.305 e. The highest BCUT2D eigenvalue weighted by molar-refractivity contribution is 6.00. The first-order valence-electron chi connectivity index (χ1n) is 13.0. The molecule has 5 rings (SSSR count). The number of aliphatic hydroxyl groups excluding tert-OH is 2. The number of fused-ring (bicyclic) bond motifs is 1. The zero-order chi connectivity index (χ0) is 26.5. The Morgan fingerprint density at radius 1 is 1.11 bits per heavy atom. The first-order chi connectivity index (χ1) is 17.5. The molecule has 7 nitrogen and oxygen atoms in total. The number of aromatic nitrogens is 3. The number of carbonyl (C=O) groups is 1. The van der Waals surface area contributed by atoms with Crippen LogP contribution in [-0.4, -0.2) is 48.3 Å². The highest BCUT2D eigenvalue weighted by Crippen LogP contribution is 2.50. The number of pyridine rings is 1. The summed E-state index contributed by atoms with van der Waals surface area (Å²) in [5.74, 6) is -0.793. The monoisotopic (exact) mass is 507 g/mol. The van der Waals surface area contributed by atoms with Crippen LogP contribution >= 0.6 is 0 Å². The molecular formula is C29H34FN3O4. The summed E-state index contributed by atoms with van der Waals surface area (Å²) >= 11 is 0. The van der Waals surface area contributed by atoms with Crippen LogP contribution in [0.15, 0.2) is 30.3 Å². The quantitative estimate of drug-likeness (QED) is 0.360. The molecule has 2 aliphatic carbocycles. The summed E-state index contributed by atoms with van der Waals surface area (Å²) < 4.78 is 16.0. The van der Waals surface area contributed by atoms with Gasteiger partial charge >= 0.3 is 5.97 Å². The average Bonchev–Trinajstić information content (AvgIpc) is 3.73. The molecule has 3 N–H and O–H groups in total. The highest BCUT2D eigenvalue weighted by atomic mass is 19.1. The average molecular weight is 508 g/mol. The molecule has 1 aromatic carbocycles. The van der Waals surface area contributed by atoms with Crippen molar-refractivity contribution in [3.05, 3.63) is 53.1 Å². The fourth-order valence-corrected chi connectivity index (χ4v) is 4.92. The molecule has 0 bridgehead atoms. The minimum atomic E-state index is -1.15. The van der Waals surface area contributed by atoms with E-state index in [0.717, 1.165) is 64.8 Å². The fraction of sp³-hybridized carbons (Fsp3) is 0.483. The lowest BCUT2D eigenvalue weighted by atomic mass is 9.92. The van der Waals surface area contributed by atoms with Gasteiger partial charge in [0.1, 0.15) is 5.82 Å². The molecule has 0 unspecified atom stereocenters. The Balaban J connectivity index is 1.72. The molecule has 196 valence electrons. The van der Waals surface area contributed by atoms with Crippen LogP contribution in [-0.2, 0) is 10.3 Å². The van der Waals surface area contributed by atoms with Gasteiger partial charge in [0.05, 0.1) is 40.9 Å². The Morgan fingerprint density at radius 2 is 1.73 bits per heavy atom. The standard InChI is InChI=1S/C29H34FN3O4/c1-29(2,3)33-28-25(27(32-33)18-6-7-18)24(16-8-10-19(30)11-9-16)22(26(31-28)17-4-5-17)13-12-20(34)14-21(35)15-23(36)37/h8-13,17-18,20-21,34-35H,4-7,14-15H2,1-3H3,(H,36,37)/b13-12+/t20-,21-/m1/s1. The van der Waals surface area contributed by atoms with E-state index in [0.29, 0.717) is 5.92 Å². The van der Waals surface area contributed by atoms with Crippen LogP contribution in [0.4, 0.5) is 4.39 Å². The maximum absolute atomic E-state index is 13.9. The molecule has 2 atom stereocenters. The van der Waals surface area contributed by atoms with Crippen molar-refractivity contribution >= 4 is 23.1 Å². The van der Waals surface area contributed by atoms with Crippen molar-refractivity contribution in [1.82, 2.24) is 14.8 Å². The summed E-state index contributed by atoms with van der Waals surface area (Å²) in [6.07, 6.45) is 4.90. The molecular weight excluding hydrogens is 473 g/mol. The number of hydrogen-bond acceptors (Lipinski definition) is 5. The largest absolute Gasteiger partial charge is 0.481 e. The van der Waals surface area contributed by atoms with Gasteiger partial charge in [-0.1, -0.05) is 24.3 Å². The topological polar surface area (TPSA) is 108 Å². The number of hydrogen-bond donors (Lipinski definition) is 3. The molecule has 2 saturated carbocycles. The van der Waals surface area contributed by atoms with E-state index in [1.165, 1.54) is 12.1 Å². The predicted molar refractivity (Wildman–Crippen MR) is 140 cm³/mol. The normalized spacial score (nSPS) is 18.0. The van der Waals surface area contributed by atoms with Crippen molar-refractivity contribution in [1.29, 1.82) is 0 Å². The molecule has 0 spiro atoms. The zero-order valence-electron chi connectivity index (χ0n) is 21.5. The summed E-state index contributed by atoms with van der Waals surface area (Å²) in [6, 6.07) is 6.45. The summed E-state index contributed by atoms with van der Waals surface area (Å²) in [4.78, 5) is 16.1. The minimum Gasteiger partial charge on any atom is -0.481 e. The third-order valence-corrected chi connectivity index (χ3v) is 7.02. The number of aliphatic hydroxyl groups is 2. The van der Waals surface area contributed by atoms with Crippen LogP contribution in [0.25, 0.3) is 28.2 Å². The number of rotatable bonds is 9. The smallest absolute Gasteiger partial charge is 0.305 e. The van der Waals surface area contributed by atoms with Gasteiger partial charge in [-0.05, 0) is 64.2 Å². The Kier molecular flexibility index (Phi) is 6.66. The van der Waals surface area contributed by atoms with E-state index in [2.05, 4.69) is 20.8 Å². The van der Waals surface area contributed by atoms with Crippen molar-refractivity contribution < 1.29 is 24.5 Å². The van der Waals surface area contributed by atoms with Crippen molar-refractivity contribution in [2.24, 2.45) is 0 Å². The summed E-state index contributed by atoms with van der Waals surface area (Å²) in [5, 5.41) is 35.5. The van der Waals surface area contributed by atoms with Crippen molar-refractivity contribution in [2.45, 2.75) is 88.9 Å². The minimum absolute atomic E-state index is 0.0849. The Bertz CT molecular complexity index is 1350. The molecule has 8 heteroatoms. The predicted octanol–water partition coefficient (Wildman–Crippen LogP) is 5.35. The van der Waals surface area contributed by atoms with Gasteiger partial charge in [0.25, 0.3) is 0 Å². The van der Waals surface area contributed by atoms with Crippen molar-refractivity contribution in [3.8, 4) is 11.1 Å². The first kappa shape index (κ1) is 25.5. The van der Waals surface area contributed by atoms with Crippen LogP contribution in [0.5, 0.6) is 0 Å². The second-order valence-electron chi connectivity index (χ2n) is 11.4. The van der Waals surface area contributed by atoms with Crippen LogP contribution in [0, 0.1) is 5.82 Å². The molecule has 0 aliphatic heterocycles. The number of carboxylic acid groups (broad SMARTS) is 1. The van der Waals surface area contributed by atoms with E-state index in [1.807, 2.05) is 10.8 Å². The number of nitrogens with zero attached hydrogens (tertiary/aromatic N) is 3.